The molecule has 0 amide bonds. The number of thiocarbonyl (C=S) groups is 1. The fraction of sp³-hybridized carbons (Fsp3) is 0.214. The molecule has 1 heterocycles. The monoisotopic (exact) mass is 304 g/mol. The molecule has 0 fully saturated rings. The van der Waals surface area contributed by atoms with Crippen molar-refractivity contribution in [2.24, 2.45) is 0 Å². The molecule has 0 saturated heterocycles. The fourth-order valence-corrected chi connectivity index (χ4v) is 1.86. The number of rotatable bonds is 4. The van der Waals surface area contributed by atoms with E-state index in [2.05, 4.69) is 20.6 Å². The molecule has 1 aromatic heterocycles. The van der Waals surface area contributed by atoms with Crippen molar-refractivity contribution in [3.05, 3.63) is 36.2 Å². The van der Waals surface area contributed by atoms with Crippen LogP contribution in [0.4, 0.5) is 11.6 Å². The highest BCUT2D eigenvalue weighted by Gasteiger charge is 2.05. The standard InChI is InChI=1S/C14H16N4O2S/c1-9-4-5-15-13(16-9)18-14(21)17-10-6-11(19-2)8-12(7-10)20-3/h4-8H,1-3H3,(H2,15,16,17,18,21). The van der Waals surface area contributed by atoms with E-state index in [0.29, 0.717) is 22.6 Å². The molecule has 2 rings (SSSR count). The van der Waals surface area contributed by atoms with Gasteiger partial charge in [-0.25, -0.2) is 9.97 Å². The molecule has 2 aromatic rings. The zero-order valence-electron chi connectivity index (χ0n) is 12.0. The van der Waals surface area contributed by atoms with Gasteiger partial charge in [-0.15, -0.1) is 0 Å². The van der Waals surface area contributed by atoms with Gasteiger partial charge in [-0.05, 0) is 25.2 Å². The first-order chi connectivity index (χ1) is 10.1. The van der Waals surface area contributed by atoms with Gasteiger partial charge in [0.2, 0.25) is 5.95 Å². The van der Waals surface area contributed by atoms with E-state index in [1.54, 1.807) is 26.5 Å². The zero-order valence-corrected chi connectivity index (χ0v) is 12.8. The van der Waals surface area contributed by atoms with Gasteiger partial charge in [0.1, 0.15) is 11.5 Å². The van der Waals surface area contributed by atoms with E-state index in [1.165, 1.54) is 0 Å². The van der Waals surface area contributed by atoms with E-state index in [0.717, 1.165) is 11.4 Å². The Morgan fingerprint density at radius 2 is 1.76 bits per heavy atom. The summed E-state index contributed by atoms with van der Waals surface area (Å²) in [5.74, 6) is 1.79. The third-order valence-corrected chi connectivity index (χ3v) is 2.83. The van der Waals surface area contributed by atoms with E-state index in [1.807, 2.05) is 25.1 Å². The van der Waals surface area contributed by atoms with Gasteiger partial charge >= 0.3 is 0 Å². The highest BCUT2D eigenvalue weighted by molar-refractivity contribution is 7.80. The number of hydrogen-bond donors (Lipinski definition) is 2. The fourth-order valence-electron chi connectivity index (χ4n) is 1.65. The summed E-state index contributed by atoms with van der Waals surface area (Å²) in [4.78, 5) is 8.31. The first-order valence-corrected chi connectivity index (χ1v) is 6.62. The number of nitrogens with zero attached hydrogens (tertiary/aromatic N) is 2. The Labute approximate surface area is 128 Å². The first-order valence-electron chi connectivity index (χ1n) is 6.21. The Kier molecular flexibility index (Phi) is 4.89. The number of benzene rings is 1. The molecule has 0 bridgehead atoms. The SMILES string of the molecule is COc1cc(NC(=S)Nc2nccc(C)n2)cc(OC)c1. The second-order valence-electron chi connectivity index (χ2n) is 4.20. The van der Waals surface area contributed by atoms with Crippen molar-refractivity contribution in [2.75, 3.05) is 24.9 Å². The second-order valence-corrected chi connectivity index (χ2v) is 4.61. The maximum Gasteiger partial charge on any atom is 0.229 e. The number of nitrogens with one attached hydrogen (secondary N) is 2. The van der Waals surface area contributed by atoms with Crippen LogP contribution in [0.5, 0.6) is 11.5 Å². The number of aryl methyl sites for hydroxylation is 1. The molecule has 6 nitrogen and oxygen atoms in total. The summed E-state index contributed by atoms with van der Waals surface area (Å²) in [7, 11) is 3.19. The van der Waals surface area contributed by atoms with Crippen molar-refractivity contribution in [1.29, 1.82) is 0 Å². The van der Waals surface area contributed by atoms with Crippen LogP contribution >= 0.6 is 12.2 Å². The molecule has 0 aliphatic carbocycles. The van der Waals surface area contributed by atoms with Crippen LogP contribution in [0.15, 0.2) is 30.5 Å². The normalized spacial score (nSPS) is 9.86. The van der Waals surface area contributed by atoms with E-state index >= 15 is 0 Å². The molecule has 21 heavy (non-hydrogen) atoms. The summed E-state index contributed by atoms with van der Waals surface area (Å²) >= 11 is 5.24. The second kappa shape index (κ2) is 6.85. The van der Waals surface area contributed by atoms with Gasteiger partial charge in [0.05, 0.1) is 14.2 Å². The Balaban J connectivity index is 2.08. The molecule has 0 unspecified atom stereocenters. The number of hydrogen-bond acceptors (Lipinski definition) is 5. The molecule has 0 aliphatic heterocycles. The highest BCUT2D eigenvalue weighted by atomic mass is 32.1. The topological polar surface area (TPSA) is 68.3 Å². The number of ether oxygens (including phenoxy) is 2. The van der Waals surface area contributed by atoms with Crippen molar-refractivity contribution in [3.8, 4) is 11.5 Å². The molecule has 7 heteroatoms. The van der Waals surface area contributed by atoms with Crippen LogP contribution in [-0.4, -0.2) is 29.3 Å². The molecule has 110 valence electrons. The molecule has 2 N–H and O–H groups in total. The first kappa shape index (κ1) is 15.0. The molecule has 0 saturated carbocycles. The smallest absolute Gasteiger partial charge is 0.229 e. The third kappa shape index (κ3) is 4.28. The van der Waals surface area contributed by atoms with Crippen LogP contribution in [0.25, 0.3) is 0 Å². The van der Waals surface area contributed by atoms with Crippen LogP contribution in [-0.2, 0) is 0 Å². The summed E-state index contributed by atoms with van der Waals surface area (Å²) in [6, 6.07) is 7.22. The van der Waals surface area contributed by atoms with Crippen molar-refractivity contribution in [3.63, 3.8) is 0 Å². The maximum absolute atomic E-state index is 5.24. The van der Waals surface area contributed by atoms with Crippen LogP contribution < -0.4 is 20.1 Å². The molecular weight excluding hydrogens is 288 g/mol. The molecule has 0 aliphatic rings. The Bertz CT molecular complexity index is 626. The van der Waals surface area contributed by atoms with Crippen LogP contribution in [0.3, 0.4) is 0 Å². The zero-order chi connectivity index (χ0) is 15.2. The minimum Gasteiger partial charge on any atom is -0.497 e. The highest BCUT2D eigenvalue weighted by Crippen LogP contribution is 2.25. The summed E-state index contributed by atoms with van der Waals surface area (Å²) in [6.07, 6.45) is 1.67. The van der Waals surface area contributed by atoms with Gasteiger partial charge < -0.3 is 20.1 Å². The maximum atomic E-state index is 5.24. The summed E-state index contributed by atoms with van der Waals surface area (Å²) in [5, 5.41) is 6.35. The largest absolute Gasteiger partial charge is 0.497 e. The molecule has 0 radical (unpaired) electrons. The Hall–Kier alpha value is -2.41. The lowest BCUT2D eigenvalue weighted by molar-refractivity contribution is 0.395. The van der Waals surface area contributed by atoms with E-state index in [9.17, 15) is 0 Å². The Morgan fingerprint density at radius 1 is 1.10 bits per heavy atom. The number of aromatic nitrogens is 2. The summed E-state index contributed by atoms with van der Waals surface area (Å²) < 4.78 is 10.4. The van der Waals surface area contributed by atoms with E-state index in [-0.39, 0.29) is 0 Å². The van der Waals surface area contributed by atoms with Gasteiger partial charge in [-0.2, -0.15) is 0 Å². The van der Waals surface area contributed by atoms with Crippen molar-refractivity contribution >= 4 is 29.0 Å². The van der Waals surface area contributed by atoms with Crippen LogP contribution in [0.2, 0.25) is 0 Å². The van der Waals surface area contributed by atoms with Gasteiger partial charge in [0.25, 0.3) is 0 Å². The quantitative estimate of drug-likeness (QED) is 0.841. The summed E-state index contributed by atoms with van der Waals surface area (Å²) in [6.45, 7) is 1.89. The third-order valence-electron chi connectivity index (χ3n) is 2.63. The molecular formula is C14H16N4O2S. The Morgan fingerprint density at radius 3 is 2.33 bits per heavy atom. The van der Waals surface area contributed by atoms with Crippen LogP contribution in [0.1, 0.15) is 5.69 Å². The van der Waals surface area contributed by atoms with Crippen LogP contribution in [0, 0.1) is 6.92 Å². The lowest BCUT2D eigenvalue weighted by Crippen LogP contribution is -2.20. The average Bonchev–Trinajstić information content (AvgIpc) is 2.46. The minimum absolute atomic E-state index is 0.385. The van der Waals surface area contributed by atoms with Crippen molar-refractivity contribution < 1.29 is 9.47 Å². The van der Waals surface area contributed by atoms with Gasteiger partial charge in [-0.3, -0.25) is 0 Å². The minimum atomic E-state index is 0.385. The van der Waals surface area contributed by atoms with E-state index in [4.69, 9.17) is 21.7 Å². The average molecular weight is 304 g/mol. The number of anilines is 2. The van der Waals surface area contributed by atoms with Gasteiger partial charge in [0.15, 0.2) is 5.11 Å². The molecule has 0 spiro atoms. The number of methoxy groups -OCH3 is 2. The van der Waals surface area contributed by atoms with Crippen molar-refractivity contribution in [2.45, 2.75) is 6.92 Å². The lowest BCUT2D eigenvalue weighted by atomic mass is 10.3. The van der Waals surface area contributed by atoms with Crippen molar-refractivity contribution in [1.82, 2.24) is 9.97 Å². The van der Waals surface area contributed by atoms with E-state index < -0.39 is 0 Å². The predicted octanol–water partition coefficient (Wildman–Crippen LogP) is 2.61. The van der Waals surface area contributed by atoms with Gasteiger partial charge in [0, 0.05) is 35.8 Å². The summed E-state index contributed by atoms with van der Waals surface area (Å²) in [5.41, 5.74) is 1.61. The molecule has 1 aromatic carbocycles. The molecule has 0 atom stereocenters. The lowest BCUT2D eigenvalue weighted by Gasteiger charge is -2.12. The van der Waals surface area contributed by atoms with Gasteiger partial charge in [-0.1, -0.05) is 0 Å². The predicted molar refractivity (Wildman–Crippen MR) is 86.2 cm³/mol.